The third-order valence-corrected chi connectivity index (χ3v) is 6.21. The van der Waals surface area contributed by atoms with Gasteiger partial charge in [-0.3, -0.25) is 9.59 Å². The van der Waals surface area contributed by atoms with Crippen LogP contribution in [0.2, 0.25) is 0 Å². The van der Waals surface area contributed by atoms with Crippen LogP contribution in [0.4, 0.5) is 5.69 Å². The molecule has 25 heavy (non-hydrogen) atoms. The summed E-state index contributed by atoms with van der Waals surface area (Å²) in [6.45, 7) is 6.39. The Balaban J connectivity index is 2.59. The zero-order chi connectivity index (χ0) is 18.9. The minimum absolute atomic E-state index is 0.109. The molecule has 7 nitrogen and oxygen atoms in total. The number of benzene rings is 1. The van der Waals surface area contributed by atoms with E-state index in [0.29, 0.717) is 25.4 Å². The molecule has 0 heterocycles. The number of anilines is 1. The van der Waals surface area contributed by atoms with Crippen molar-refractivity contribution in [1.82, 2.24) is 4.31 Å². The van der Waals surface area contributed by atoms with Gasteiger partial charge in [0, 0.05) is 18.8 Å². The highest BCUT2D eigenvalue weighted by Crippen LogP contribution is 2.18. The zero-order valence-electron chi connectivity index (χ0n) is 14.6. The topological polar surface area (TPSA) is 92.8 Å². The normalized spacial score (nSPS) is 11.4. The molecule has 0 fully saturated rings. The van der Waals surface area contributed by atoms with E-state index >= 15 is 0 Å². The summed E-state index contributed by atoms with van der Waals surface area (Å²) in [4.78, 5) is 23.2. The van der Waals surface area contributed by atoms with Crippen molar-refractivity contribution in [2.24, 2.45) is 0 Å². The van der Waals surface area contributed by atoms with Crippen LogP contribution in [0.5, 0.6) is 0 Å². The molecule has 0 bridgehead atoms. The Morgan fingerprint density at radius 3 is 2.20 bits per heavy atom. The number of carbonyl (C=O) groups is 2. The average Bonchev–Trinajstić information content (AvgIpc) is 2.56. The third kappa shape index (κ3) is 6.68. The van der Waals surface area contributed by atoms with E-state index < -0.39 is 10.0 Å². The summed E-state index contributed by atoms with van der Waals surface area (Å²) >= 11 is 1.16. The Morgan fingerprint density at radius 1 is 1.08 bits per heavy atom. The van der Waals surface area contributed by atoms with Crippen LogP contribution >= 0.6 is 11.8 Å². The maximum Gasteiger partial charge on any atom is 0.315 e. The Bertz CT molecular complexity index is 670. The minimum Gasteiger partial charge on any atom is -0.465 e. The highest BCUT2D eigenvalue weighted by atomic mass is 32.2. The lowest BCUT2D eigenvalue weighted by atomic mass is 10.3. The van der Waals surface area contributed by atoms with E-state index in [1.165, 1.54) is 16.4 Å². The summed E-state index contributed by atoms with van der Waals surface area (Å²) in [6, 6.07) is 6.03. The molecule has 1 aromatic carbocycles. The van der Waals surface area contributed by atoms with Crippen LogP contribution in [0.3, 0.4) is 0 Å². The van der Waals surface area contributed by atoms with Crippen LogP contribution in [0.15, 0.2) is 29.2 Å². The van der Waals surface area contributed by atoms with Crippen LogP contribution in [-0.2, 0) is 24.3 Å². The van der Waals surface area contributed by atoms with Gasteiger partial charge in [-0.2, -0.15) is 4.31 Å². The Labute approximate surface area is 153 Å². The summed E-state index contributed by atoms with van der Waals surface area (Å²) < 4.78 is 30.9. The third-order valence-electron chi connectivity index (χ3n) is 3.24. The van der Waals surface area contributed by atoms with Gasteiger partial charge in [-0.1, -0.05) is 13.8 Å². The summed E-state index contributed by atoms with van der Waals surface area (Å²) in [5.41, 5.74) is 0.500. The van der Waals surface area contributed by atoms with Crippen molar-refractivity contribution in [1.29, 1.82) is 0 Å². The first-order valence-electron chi connectivity index (χ1n) is 7.98. The van der Waals surface area contributed by atoms with Gasteiger partial charge in [0.25, 0.3) is 0 Å². The van der Waals surface area contributed by atoms with Crippen LogP contribution in [-0.4, -0.2) is 55.8 Å². The highest BCUT2D eigenvalue weighted by Gasteiger charge is 2.21. The summed E-state index contributed by atoms with van der Waals surface area (Å²) in [7, 11) is -3.51. The van der Waals surface area contributed by atoms with Crippen LogP contribution < -0.4 is 5.32 Å². The maximum atomic E-state index is 12.4. The van der Waals surface area contributed by atoms with Crippen molar-refractivity contribution < 1.29 is 22.7 Å². The SMILES string of the molecule is CCOC(=O)CSCC(=O)Nc1ccc(S(=O)(=O)N(CC)CC)cc1. The first-order valence-corrected chi connectivity index (χ1v) is 10.6. The predicted octanol–water partition coefficient (Wildman–Crippen LogP) is 1.95. The summed E-state index contributed by atoms with van der Waals surface area (Å²) in [6.07, 6.45) is 0. The monoisotopic (exact) mass is 388 g/mol. The zero-order valence-corrected chi connectivity index (χ0v) is 16.3. The molecule has 140 valence electrons. The van der Waals surface area contributed by atoms with Crippen LogP contribution in [0, 0.1) is 0 Å². The molecule has 0 radical (unpaired) electrons. The highest BCUT2D eigenvalue weighted by molar-refractivity contribution is 8.00. The first kappa shape index (κ1) is 21.5. The Kier molecular flexibility index (Phi) is 8.95. The van der Waals surface area contributed by atoms with Gasteiger partial charge in [-0.25, -0.2) is 8.42 Å². The van der Waals surface area contributed by atoms with Gasteiger partial charge in [0.05, 0.1) is 23.0 Å². The van der Waals surface area contributed by atoms with Gasteiger partial charge in [-0.05, 0) is 31.2 Å². The predicted molar refractivity (Wildman–Crippen MR) is 99.1 cm³/mol. The molecule has 0 aliphatic rings. The lowest BCUT2D eigenvalue weighted by molar-refractivity contribution is -0.139. The molecular weight excluding hydrogens is 364 g/mol. The quantitative estimate of drug-likeness (QED) is 0.616. The largest absolute Gasteiger partial charge is 0.465 e. The smallest absolute Gasteiger partial charge is 0.315 e. The van der Waals surface area contributed by atoms with E-state index in [1.807, 2.05) is 0 Å². The maximum absolute atomic E-state index is 12.4. The van der Waals surface area contributed by atoms with Gasteiger partial charge in [0.1, 0.15) is 0 Å². The minimum atomic E-state index is -3.51. The van der Waals surface area contributed by atoms with Crippen molar-refractivity contribution in [3.8, 4) is 0 Å². The second-order valence-electron chi connectivity index (χ2n) is 4.96. The number of thioether (sulfide) groups is 1. The molecule has 0 atom stereocenters. The Morgan fingerprint density at radius 2 is 1.68 bits per heavy atom. The van der Waals surface area contributed by atoms with Crippen molar-refractivity contribution in [2.75, 3.05) is 36.5 Å². The Hall–Kier alpha value is -1.58. The molecule has 1 aromatic rings. The van der Waals surface area contributed by atoms with Crippen molar-refractivity contribution in [2.45, 2.75) is 25.7 Å². The fourth-order valence-corrected chi connectivity index (χ4v) is 4.12. The number of rotatable bonds is 10. The number of hydrogen-bond donors (Lipinski definition) is 1. The fraction of sp³-hybridized carbons (Fsp3) is 0.500. The second-order valence-corrected chi connectivity index (χ2v) is 7.88. The summed E-state index contributed by atoms with van der Waals surface area (Å²) in [5, 5.41) is 2.66. The number of nitrogens with zero attached hydrogens (tertiary/aromatic N) is 1. The molecule has 0 aromatic heterocycles. The molecule has 1 rings (SSSR count). The molecule has 0 aliphatic carbocycles. The number of amides is 1. The lowest BCUT2D eigenvalue weighted by Crippen LogP contribution is -2.30. The van der Waals surface area contributed by atoms with Crippen molar-refractivity contribution in [3.63, 3.8) is 0 Å². The number of hydrogen-bond acceptors (Lipinski definition) is 6. The molecule has 1 N–H and O–H groups in total. The molecular formula is C16H24N2O5S2. The van der Waals surface area contributed by atoms with E-state index in [1.54, 1.807) is 32.9 Å². The van der Waals surface area contributed by atoms with E-state index in [2.05, 4.69) is 5.32 Å². The molecule has 0 unspecified atom stereocenters. The number of carbonyl (C=O) groups excluding carboxylic acids is 2. The average molecular weight is 389 g/mol. The van der Waals surface area contributed by atoms with E-state index in [-0.39, 0.29) is 28.3 Å². The van der Waals surface area contributed by atoms with E-state index in [9.17, 15) is 18.0 Å². The van der Waals surface area contributed by atoms with Crippen LogP contribution in [0.25, 0.3) is 0 Å². The van der Waals surface area contributed by atoms with Gasteiger partial charge in [0.15, 0.2) is 0 Å². The molecule has 0 saturated carbocycles. The van der Waals surface area contributed by atoms with E-state index in [0.717, 1.165) is 11.8 Å². The molecule has 1 amide bonds. The van der Waals surface area contributed by atoms with Gasteiger partial charge >= 0.3 is 5.97 Å². The fourth-order valence-electron chi connectivity index (χ4n) is 2.05. The lowest BCUT2D eigenvalue weighted by Gasteiger charge is -2.18. The number of nitrogens with one attached hydrogen (secondary N) is 1. The molecule has 0 spiro atoms. The number of ether oxygens (including phenoxy) is 1. The second kappa shape index (κ2) is 10.4. The van der Waals surface area contributed by atoms with Crippen LogP contribution in [0.1, 0.15) is 20.8 Å². The van der Waals surface area contributed by atoms with Crippen molar-refractivity contribution >= 4 is 39.3 Å². The molecule has 9 heteroatoms. The molecule has 0 saturated heterocycles. The van der Waals surface area contributed by atoms with E-state index in [4.69, 9.17) is 4.74 Å². The number of esters is 1. The van der Waals surface area contributed by atoms with Gasteiger partial charge < -0.3 is 10.1 Å². The van der Waals surface area contributed by atoms with Gasteiger partial charge in [0.2, 0.25) is 15.9 Å². The van der Waals surface area contributed by atoms with Crippen molar-refractivity contribution in [3.05, 3.63) is 24.3 Å². The number of sulfonamides is 1. The standard InChI is InChI=1S/C16H24N2O5S2/c1-4-18(5-2)25(21,22)14-9-7-13(8-10-14)17-15(19)11-24-12-16(20)23-6-3/h7-10H,4-6,11-12H2,1-3H3,(H,17,19). The first-order chi connectivity index (χ1) is 11.8. The summed E-state index contributed by atoms with van der Waals surface area (Å²) in [5.74, 6) is -0.402. The van der Waals surface area contributed by atoms with Gasteiger partial charge in [-0.15, -0.1) is 11.8 Å². The molecule has 0 aliphatic heterocycles.